The van der Waals surface area contributed by atoms with Gasteiger partial charge >= 0.3 is 0 Å². The van der Waals surface area contributed by atoms with E-state index in [2.05, 4.69) is 5.32 Å². The number of nitrogens with one attached hydrogen (secondary N) is 1. The summed E-state index contributed by atoms with van der Waals surface area (Å²) in [5.74, 6) is -1.39. The van der Waals surface area contributed by atoms with Crippen molar-refractivity contribution < 1.29 is 13.5 Å². The van der Waals surface area contributed by atoms with E-state index >= 15 is 0 Å². The van der Waals surface area contributed by atoms with Crippen LogP contribution in [-0.4, -0.2) is 26.2 Å². The Balaban J connectivity index is 2.10. The Morgan fingerprint density at radius 1 is 1.39 bits per heavy atom. The van der Waals surface area contributed by atoms with Crippen LogP contribution in [0.1, 0.15) is 18.1 Å². The van der Waals surface area contributed by atoms with Gasteiger partial charge in [-0.3, -0.25) is 0 Å². The summed E-state index contributed by atoms with van der Waals surface area (Å²) in [4.78, 5) is 0. The van der Waals surface area contributed by atoms with Gasteiger partial charge in [0, 0.05) is 19.7 Å². The zero-order valence-electron chi connectivity index (χ0n) is 10.3. The Morgan fingerprint density at radius 3 is 2.72 bits per heavy atom. The van der Waals surface area contributed by atoms with Gasteiger partial charge in [-0.1, -0.05) is 6.07 Å². The first kappa shape index (κ1) is 13.4. The molecule has 0 radical (unpaired) electrons. The van der Waals surface area contributed by atoms with Crippen molar-refractivity contribution in [1.82, 2.24) is 5.32 Å². The van der Waals surface area contributed by atoms with Crippen molar-refractivity contribution in [1.29, 1.82) is 0 Å². The fourth-order valence-electron chi connectivity index (χ4n) is 2.37. The molecule has 5 heteroatoms. The van der Waals surface area contributed by atoms with Gasteiger partial charge in [-0.05, 0) is 36.6 Å². The van der Waals surface area contributed by atoms with Gasteiger partial charge in [-0.15, -0.1) is 0 Å². The molecule has 2 rings (SSSR count). The highest BCUT2D eigenvalue weighted by Gasteiger charge is 2.27. The van der Waals surface area contributed by atoms with Gasteiger partial charge in [-0.2, -0.15) is 0 Å². The predicted octanol–water partition coefficient (Wildman–Crippen LogP) is 1.59. The van der Waals surface area contributed by atoms with Crippen LogP contribution in [-0.2, 0) is 4.74 Å². The quantitative estimate of drug-likeness (QED) is 0.860. The molecule has 0 bridgehead atoms. The third-order valence-corrected chi connectivity index (χ3v) is 3.51. The number of nitrogens with two attached hydrogens (primary N) is 1. The van der Waals surface area contributed by atoms with Crippen molar-refractivity contribution in [2.75, 3.05) is 20.2 Å². The van der Waals surface area contributed by atoms with Crippen molar-refractivity contribution >= 4 is 0 Å². The molecule has 1 fully saturated rings. The van der Waals surface area contributed by atoms with Crippen LogP contribution in [0.2, 0.25) is 0 Å². The van der Waals surface area contributed by atoms with E-state index < -0.39 is 11.6 Å². The van der Waals surface area contributed by atoms with Crippen LogP contribution in [0, 0.1) is 17.6 Å². The van der Waals surface area contributed by atoms with Crippen molar-refractivity contribution in [3.8, 4) is 0 Å². The highest BCUT2D eigenvalue weighted by Crippen LogP contribution is 2.28. The fraction of sp³-hybridized carbons (Fsp3) is 0.538. The minimum absolute atomic E-state index is 0.0907. The highest BCUT2D eigenvalue weighted by molar-refractivity contribution is 5.20. The number of halogens is 2. The van der Waals surface area contributed by atoms with Crippen molar-refractivity contribution in [3.63, 3.8) is 0 Å². The van der Waals surface area contributed by atoms with Crippen molar-refractivity contribution in [3.05, 3.63) is 35.4 Å². The largest absolute Gasteiger partial charge is 0.377 e. The average molecular weight is 256 g/mol. The maximum absolute atomic E-state index is 13.2. The summed E-state index contributed by atoms with van der Waals surface area (Å²) in [6.07, 6.45) is 0.450. The minimum atomic E-state index is -0.844. The lowest BCUT2D eigenvalue weighted by molar-refractivity contribution is 0.0801. The number of hydrogen-bond donors (Lipinski definition) is 2. The molecule has 18 heavy (non-hydrogen) atoms. The van der Waals surface area contributed by atoms with E-state index in [9.17, 15) is 8.78 Å². The van der Waals surface area contributed by atoms with Crippen LogP contribution in [0.5, 0.6) is 0 Å². The lowest BCUT2D eigenvalue weighted by Gasteiger charge is -2.22. The van der Waals surface area contributed by atoms with Gasteiger partial charge in [0.2, 0.25) is 0 Å². The van der Waals surface area contributed by atoms with Gasteiger partial charge in [0.25, 0.3) is 0 Å². The SMILES string of the molecule is COC(CC1CNCC1N)c1ccc(F)c(F)c1. The lowest BCUT2D eigenvalue weighted by atomic mass is 9.93. The molecule has 3 nitrogen and oxygen atoms in total. The molecule has 0 aliphatic carbocycles. The smallest absolute Gasteiger partial charge is 0.159 e. The fourth-order valence-corrected chi connectivity index (χ4v) is 2.37. The van der Waals surface area contributed by atoms with Gasteiger partial charge in [0.1, 0.15) is 0 Å². The second-order valence-electron chi connectivity index (χ2n) is 4.72. The first-order chi connectivity index (χ1) is 8.61. The van der Waals surface area contributed by atoms with Gasteiger partial charge in [0.05, 0.1) is 6.10 Å². The minimum Gasteiger partial charge on any atom is -0.377 e. The number of methoxy groups -OCH3 is 1. The zero-order valence-corrected chi connectivity index (χ0v) is 10.3. The first-order valence-corrected chi connectivity index (χ1v) is 6.06. The van der Waals surface area contributed by atoms with Crippen LogP contribution < -0.4 is 11.1 Å². The standard InChI is InChI=1S/C13H18F2N2O/c1-18-13(5-9-6-17-7-12(9)16)8-2-3-10(14)11(15)4-8/h2-4,9,12-13,17H,5-7,16H2,1H3. The van der Waals surface area contributed by atoms with Crippen LogP contribution >= 0.6 is 0 Å². The molecule has 1 aromatic rings. The molecular weight excluding hydrogens is 238 g/mol. The summed E-state index contributed by atoms with van der Waals surface area (Å²) in [6, 6.07) is 3.97. The summed E-state index contributed by atoms with van der Waals surface area (Å²) in [6.45, 7) is 1.63. The maximum atomic E-state index is 13.2. The molecule has 3 N–H and O–H groups in total. The second-order valence-corrected chi connectivity index (χ2v) is 4.72. The molecule has 1 aliphatic heterocycles. The Hall–Kier alpha value is -1.04. The normalized spacial score (nSPS) is 25.3. The van der Waals surface area contributed by atoms with E-state index in [1.807, 2.05) is 0 Å². The molecule has 1 saturated heterocycles. The summed E-state index contributed by atoms with van der Waals surface area (Å²) < 4.78 is 31.5. The van der Waals surface area contributed by atoms with Crippen LogP contribution in [0.3, 0.4) is 0 Å². The van der Waals surface area contributed by atoms with Crippen LogP contribution in [0.25, 0.3) is 0 Å². The maximum Gasteiger partial charge on any atom is 0.159 e. The average Bonchev–Trinajstić information content (AvgIpc) is 2.75. The van der Waals surface area contributed by atoms with Gasteiger partial charge < -0.3 is 15.8 Å². The molecule has 1 aromatic carbocycles. The Bertz CT molecular complexity index is 414. The van der Waals surface area contributed by atoms with E-state index in [0.29, 0.717) is 17.9 Å². The summed E-state index contributed by atoms with van der Waals surface area (Å²) in [7, 11) is 1.57. The van der Waals surface area contributed by atoms with E-state index in [1.54, 1.807) is 13.2 Å². The van der Waals surface area contributed by atoms with Crippen LogP contribution in [0.4, 0.5) is 8.78 Å². The summed E-state index contributed by atoms with van der Waals surface area (Å²) in [5.41, 5.74) is 6.61. The molecule has 3 atom stereocenters. The Kier molecular flexibility index (Phi) is 4.27. The first-order valence-electron chi connectivity index (χ1n) is 6.06. The molecule has 3 unspecified atom stereocenters. The van der Waals surface area contributed by atoms with Crippen LogP contribution in [0.15, 0.2) is 18.2 Å². The Morgan fingerprint density at radius 2 is 2.17 bits per heavy atom. The third-order valence-electron chi connectivity index (χ3n) is 3.51. The molecular formula is C13H18F2N2O. The molecule has 0 saturated carbocycles. The molecule has 100 valence electrons. The monoisotopic (exact) mass is 256 g/mol. The number of hydrogen-bond acceptors (Lipinski definition) is 3. The van der Waals surface area contributed by atoms with Crippen molar-refractivity contribution in [2.45, 2.75) is 18.6 Å². The Labute approximate surface area is 105 Å². The predicted molar refractivity (Wildman–Crippen MR) is 65.1 cm³/mol. The second kappa shape index (κ2) is 5.73. The van der Waals surface area contributed by atoms with Gasteiger partial charge in [0.15, 0.2) is 11.6 Å². The van der Waals surface area contributed by atoms with E-state index in [1.165, 1.54) is 6.07 Å². The van der Waals surface area contributed by atoms with Gasteiger partial charge in [-0.25, -0.2) is 8.78 Å². The molecule has 0 spiro atoms. The van der Waals surface area contributed by atoms with E-state index in [-0.39, 0.29) is 12.1 Å². The lowest BCUT2D eigenvalue weighted by Crippen LogP contribution is -2.30. The summed E-state index contributed by atoms with van der Waals surface area (Å²) >= 11 is 0. The molecule has 1 heterocycles. The molecule has 1 aliphatic rings. The van der Waals surface area contributed by atoms with E-state index in [4.69, 9.17) is 10.5 Å². The van der Waals surface area contributed by atoms with E-state index in [0.717, 1.165) is 19.2 Å². The zero-order chi connectivity index (χ0) is 13.1. The number of benzene rings is 1. The number of ether oxygens (including phenoxy) is 1. The number of rotatable bonds is 4. The summed E-state index contributed by atoms with van der Waals surface area (Å²) in [5, 5.41) is 3.21. The topological polar surface area (TPSA) is 47.3 Å². The highest BCUT2D eigenvalue weighted by atomic mass is 19.2. The molecule has 0 amide bonds. The van der Waals surface area contributed by atoms with Crippen molar-refractivity contribution in [2.24, 2.45) is 11.7 Å². The third kappa shape index (κ3) is 2.85. The molecule has 0 aromatic heterocycles.